The number of hydrogen-bond donors (Lipinski definition) is 1. The van der Waals surface area contributed by atoms with Gasteiger partial charge in [0.15, 0.2) is 5.76 Å². The summed E-state index contributed by atoms with van der Waals surface area (Å²) in [6, 6.07) is 12.2. The van der Waals surface area contributed by atoms with Gasteiger partial charge in [0, 0.05) is 6.04 Å². The van der Waals surface area contributed by atoms with Crippen molar-refractivity contribution in [2.75, 3.05) is 19.1 Å². The van der Waals surface area contributed by atoms with Crippen LogP contribution in [0.1, 0.15) is 29.1 Å². The van der Waals surface area contributed by atoms with Gasteiger partial charge in [0.05, 0.1) is 22.9 Å². The van der Waals surface area contributed by atoms with E-state index in [1.807, 2.05) is 42.8 Å². The van der Waals surface area contributed by atoms with Gasteiger partial charge >= 0.3 is 5.97 Å². The van der Waals surface area contributed by atoms with E-state index >= 15 is 0 Å². The number of hydrogen-bond acceptors (Lipinski definition) is 7. The second-order valence-corrected chi connectivity index (χ2v) is 8.61. The molecule has 1 aromatic heterocycles. The third-order valence-corrected chi connectivity index (χ3v) is 8.14. The second-order valence-electron chi connectivity index (χ2n) is 6.19. The Balaban J connectivity index is 2.11. The van der Waals surface area contributed by atoms with E-state index in [9.17, 15) is 9.59 Å². The molecule has 1 N–H and O–H groups in total. The van der Waals surface area contributed by atoms with Crippen LogP contribution in [-0.2, 0) is 9.53 Å². The van der Waals surface area contributed by atoms with Crippen LogP contribution >= 0.6 is 23.5 Å². The molecule has 2 heterocycles. The lowest BCUT2D eigenvalue weighted by molar-refractivity contribution is -0.145. The number of benzene rings is 1. The second kappa shape index (κ2) is 8.54. The van der Waals surface area contributed by atoms with Gasteiger partial charge in [-0.2, -0.15) is 0 Å². The van der Waals surface area contributed by atoms with Crippen molar-refractivity contribution < 1.29 is 18.7 Å². The summed E-state index contributed by atoms with van der Waals surface area (Å²) in [6.07, 6.45) is 5.36. The zero-order valence-corrected chi connectivity index (χ0v) is 17.1. The molecule has 144 valence electrons. The van der Waals surface area contributed by atoms with E-state index in [0.717, 1.165) is 5.56 Å². The maximum atomic E-state index is 13.4. The Kier molecular flexibility index (Phi) is 6.34. The molecule has 1 aliphatic heterocycles. The number of carbonyl (C=O) groups excluding carboxylic acids is 2. The maximum Gasteiger partial charge on any atom is 0.325 e. The summed E-state index contributed by atoms with van der Waals surface area (Å²) in [5, 5.41) is 3.40. The number of Topliss-reactive ketones (excluding diaryl/α,β-unsaturated/α-hetero) is 1. The molecular weight excluding hydrogens is 382 g/mol. The maximum absolute atomic E-state index is 13.4. The Morgan fingerprint density at radius 2 is 1.85 bits per heavy atom. The largest absolute Gasteiger partial charge is 0.465 e. The lowest BCUT2D eigenvalue weighted by atomic mass is 9.88. The fraction of sp³-hybridized carbons (Fsp3) is 0.400. The molecule has 2 aromatic rings. The van der Waals surface area contributed by atoms with Gasteiger partial charge in [-0.1, -0.05) is 30.3 Å². The third kappa shape index (κ3) is 3.56. The summed E-state index contributed by atoms with van der Waals surface area (Å²) in [7, 11) is 0. The number of thioether (sulfide) groups is 2. The van der Waals surface area contributed by atoms with Gasteiger partial charge in [-0.15, -0.1) is 23.5 Å². The summed E-state index contributed by atoms with van der Waals surface area (Å²) >= 11 is 3.02. The quantitative estimate of drug-likeness (QED) is 0.427. The summed E-state index contributed by atoms with van der Waals surface area (Å²) < 4.78 is 10.0. The van der Waals surface area contributed by atoms with E-state index < -0.39 is 16.0 Å². The van der Waals surface area contributed by atoms with Crippen LogP contribution in [0.25, 0.3) is 0 Å². The zero-order valence-electron chi connectivity index (χ0n) is 15.5. The minimum absolute atomic E-state index is 0.114. The number of carbonyl (C=O) groups is 2. The number of nitrogens with one attached hydrogen (secondary N) is 1. The SMILES string of the molecule is CCOC(=O)[C@H]1N[C@@H](c2ccccc2)[C@@H](C(=O)c2ccco2)C1(SC)SC. The Labute approximate surface area is 167 Å². The highest BCUT2D eigenvalue weighted by Crippen LogP contribution is 2.54. The number of esters is 1. The van der Waals surface area contributed by atoms with E-state index in [0.29, 0.717) is 12.4 Å². The van der Waals surface area contributed by atoms with Gasteiger partial charge < -0.3 is 9.15 Å². The van der Waals surface area contributed by atoms with E-state index in [-0.39, 0.29) is 17.8 Å². The monoisotopic (exact) mass is 405 g/mol. The van der Waals surface area contributed by atoms with E-state index in [1.165, 1.54) is 29.8 Å². The lowest BCUT2D eigenvalue weighted by Crippen LogP contribution is -2.48. The normalized spacial score (nSPS) is 23.9. The first-order chi connectivity index (χ1) is 13.1. The molecule has 1 fully saturated rings. The van der Waals surface area contributed by atoms with Crippen molar-refractivity contribution in [2.24, 2.45) is 5.92 Å². The first-order valence-corrected chi connectivity index (χ1v) is 11.2. The Hall–Kier alpha value is -1.70. The molecule has 0 spiro atoms. The minimum Gasteiger partial charge on any atom is -0.465 e. The van der Waals surface area contributed by atoms with Crippen molar-refractivity contribution in [3.8, 4) is 0 Å². The van der Waals surface area contributed by atoms with Crippen molar-refractivity contribution >= 4 is 35.3 Å². The predicted molar refractivity (Wildman–Crippen MR) is 109 cm³/mol. The van der Waals surface area contributed by atoms with Gasteiger partial charge in [-0.25, -0.2) is 0 Å². The van der Waals surface area contributed by atoms with Gasteiger partial charge in [0.1, 0.15) is 6.04 Å². The van der Waals surface area contributed by atoms with Crippen molar-refractivity contribution in [2.45, 2.75) is 23.1 Å². The molecule has 0 radical (unpaired) electrons. The fourth-order valence-corrected chi connectivity index (χ4v) is 6.15. The molecule has 0 amide bonds. The van der Waals surface area contributed by atoms with Gasteiger partial charge in [-0.05, 0) is 37.1 Å². The molecule has 1 saturated heterocycles. The van der Waals surface area contributed by atoms with E-state index in [4.69, 9.17) is 9.15 Å². The van der Waals surface area contributed by atoms with Crippen LogP contribution in [0.3, 0.4) is 0 Å². The number of ketones is 1. The van der Waals surface area contributed by atoms with Gasteiger partial charge in [-0.3, -0.25) is 14.9 Å². The van der Waals surface area contributed by atoms with Crippen LogP contribution in [0.5, 0.6) is 0 Å². The standard InChI is InChI=1S/C20H23NO4S2/c1-4-24-19(23)18-20(26-2,27-3)15(17(22)14-11-8-12-25-14)16(21-18)13-9-6-5-7-10-13/h5-12,15-16,18,21H,4H2,1-3H3/t15-,16-,18+/m0/s1. The molecule has 5 nitrogen and oxygen atoms in total. The summed E-state index contributed by atoms with van der Waals surface area (Å²) in [6.45, 7) is 2.08. The Bertz CT molecular complexity index is 775. The highest BCUT2D eigenvalue weighted by molar-refractivity contribution is 8.17. The molecule has 0 saturated carbocycles. The molecule has 0 aliphatic carbocycles. The molecular formula is C20H23NO4S2. The van der Waals surface area contributed by atoms with Crippen LogP contribution in [0.15, 0.2) is 53.1 Å². The van der Waals surface area contributed by atoms with Gasteiger partial charge in [0.25, 0.3) is 0 Å². The zero-order chi connectivity index (χ0) is 19.4. The molecule has 0 unspecified atom stereocenters. The smallest absolute Gasteiger partial charge is 0.325 e. The summed E-state index contributed by atoms with van der Waals surface area (Å²) in [4.78, 5) is 26.2. The summed E-state index contributed by atoms with van der Waals surface area (Å²) in [5.74, 6) is -0.640. The van der Waals surface area contributed by atoms with Crippen molar-refractivity contribution in [3.63, 3.8) is 0 Å². The first kappa shape index (κ1) is 20.0. The molecule has 0 bridgehead atoms. The number of furan rings is 1. The third-order valence-electron chi connectivity index (χ3n) is 4.88. The molecule has 7 heteroatoms. The topological polar surface area (TPSA) is 68.5 Å². The van der Waals surface area contributed by atoms with Crippen molar-refractivity contribution in [1.82, 2.24) is 5.32 Å². The molecule has 27 heavy (non-hydrogen) atoms. The highest BCUT2D eigenvalue weighted by atomic mass is 32.2. The first-order valence-electron chi connectivity index (χ1n) is 8.74. The predicted octanol–water partition coefficient (Wildman–Crippen LogP) is 3.78. The average molecular weight is 406 g/mol. The van der Waals surface area contributed by atoms with Crippen LogP contribution in [0.4, 0.5) is 0 Å². The summed E-state index contributed by atoms with van der Waals surface area (Å²) in [5.41, 5.74) is 0.960. The highest BCUT2D eigenvalue weighted by Gasteiger charge is 2.61. The van der Waals surface area contributed by atoms with Crippen LogP contribution in [0, 0.1) is 5.92 Å². The molecule has 1 aromatic carbocycles. The molecule has 3 rings (SSSR count). The van der Waals surface area contributed by atoms with Crippen molar-refractivity contribution in [3.05, 3.63) is 60.1 Å². The minimum atomic E-state index is -0.712. The molecule has 3 atom stereocenters. The van der Waals surface area contributed by atoms with Gasteiger partial charge in [0.2, 0.25) is 5.78 Å². The fourth-order valence-electron chi connectivity index (χ4n) is 3.69. The molecule has 1 aliphatic rings. The lowest BCUT2D eigenvalue weighted by Gasteiger charge is -2.35. The van der Waals surface area contributed by atoms with Crippen LogP contribution < -0.4 is 5.32 Å². The van der Waals surface area contributed by atoms with E-state index in [1.54, 1.807) is 19.1 Å². The van der Waals surface area contributed by atoms with E-state index in [2.05, 4.69) is 5.32 Å². The Morgan fingerprint density at radius 3 is 2.41 bits per heavy atom. The number of ether oxygens (including phenoxy) is 1. The average Bonchev–Trinajstić information content (AvgIpc) is 3.35. The van der Waals surface area contributed by atoms with Crippen LogP contribution in [0.2, 0.25) is 0 Å². The van der Waals surface area contributed by atoms with Crippen molar-refractivity contribution in [1.29, 1.82) is 0 Å². The van der Waals surface area contributed by atoms with Crippen LogP contribution in [-0.4, -0.2) is 41.0 Å². The Morgan fingerprint density at radius 1 is 1.15 bits per heavy atom. The number of rotatable bonds is 7.